The predicted molar refractivity (Wildman–Crippen MR) is 118 cm³/mol. The Balaban J connectivity index is 1.71. The van der Waals surface area contributed by atoms with Gasteiger partial charge in [-0.3, -0.25) is 4.79 Å². The average molecular weight is 403 g/mol. The number of hydrogen-bond donors (Lipinski definition) is 2. The van der Waals surface area contributed by atoms with Gasteiger partial charge in [-0.05, 0) is 19.1 Å². The molecule has 3 aromatic carbocycles. The number of nitrogens with one attached hydrogen (secondary N) is 1. The zero-order chi connectivity index (χ0) is 20.5. The number of hydrogen-bond acceptors (Lipinski definition) is 3. The van der Waals surface area contributed by atoms with Gasteiger partial charge in [0.2, 0.25) is 0 Å². The maximum absolute atomic E-state index is 12.6. The van der Waals surface area contributed by atoms with Crippen LogP contribution in [0.15, 0.2) is 83.8 Å². The molecule has 0 aliphatic carbocycles. The molecule has 3 aromatic rings. The third-order valence-corrected chi connectivity index (χ3v) is 5.53. The minimum Gasteiger partial charge on any atom is -0.328 e. The lowest BCUT2D eigenvalue weighted by molar-refractivity contribution is -0.676. The molecule has 29 heavy (non-hydrogen) atoms. The maximum atomic E-state index is 12.6. The fourth-order valence-electron chi connectivity index (χ4n) is 3.13. The average Bonchev–Trinajstić information content (AvgIpc) is 2.75. The molecule has 0 saturated heterocycles. The van der Waals surface area contributed by atoms with Crippen LogP contribution in [0, 0.1) is 18.3 Å². The van der Waals surface area contributed by atoms with Gasteiger partial charge < -0.3 is 10.6 Å². The number of amides is 1. The van der Waals surface area contributed by atoms with Crippen molar-refractivity contribution in [2.75, 3.05) is 17.6 Å². The fraction of sp³-hybridized carbons (Fsp3) is 0.167. The smallest absolute Gasteiger partial charge is 0.279 e. The van der Waals surface area contributed by atoms with Crippen molar-refractivity contribution in [3.05, 3.63) is 95.6 Å². The molecule has 1 atom stereocenters. The second-order valence-corrected chi connectivity index (χ2v) is 7.75. The summed E-state index contributed by atoms with van der Waals surface area (Å²) in [5, 5.41) is 13.9. The van der Waals surface area contributed by atoms with Crippen LogP contribution in [0.2, 0.25) is 0 Å². The lowest BCUT2D eigenvalue weighted by Gasteiger charge is -2.17. The Labute approximate surface area is 176 Å². The number of carbonyl (C=O) groups excluding carboxylic acids is 1. The monoisotopic (exact) mass is 402 g/mol. The van der Waals surface area contributed by atoms with Crippen LogP contribution in [0.5, 0.6) is 0 Å². The summed E-state index contributed by atoms with van der Waals surface area (Å²) in [6.45, 7) is 2.37. The minimum absolute atomic E-state index is 0.0470. The van der Waals surface area contributed by atoms with Gasteiger partial charge in [0.25, 0.3) is 5.91 Å². The Bertz CT molecular complexity index is 981. The van der Waals surface area contributed by atoms with E-state index in [0.717, 1.165) is 16.1 Å². The molecule has 5 heteroatoms. The van der Waals surface area contributed by atoms with Crippen molar-refractivity contribution < 1.29 is 10.1 Å². The summed E-state index contributed by atoms with van der Waals surface area (Å²) in [6.07, 6.45) is 0. The number of para-hydroxylation sites is 1. The SMILES string of the molecule is Cc1ccc([C@@H]([NH2+]CC(=O)Nc2ccccc2SCC#N)c2ccccc2)cc1. The summed E-state index contributed by atoms with van der Waals surface area (Å²) < 4.78 is 0. The molecular weight excluding hydrogens is 378 g/mol. The van der Waals surface area contributed by atoms with Crippen molar-refractivity contribution >= 4 is 23.4 Å². The zero-order valence-electron chi connectivity index (χ0n) is 16.3. The van der Waals surface area contributed by atoms with E-state index >= 15 is 0 Å². The highest BCUT2D eigenvalue weighted by Gasteiger charge is 2.19. The van der Waals surface area contributed by atoms with Crippen LogP contribution in [0.3, 0.4) is 0 Å². The molecule has 0 spiro atoms. The summed E-state index contributed by atoms with van der Waals surface area (Å²) in [5.74, 6) is 0.283. The largest absolute Gasteiger partial charge is 0.328 e. The molecule has 3 N–H and O–H groups in total. The van der Waals surface area contributed by atoms with Crippen molar-refractivity contribution in [2.45, 2.75) is 17.9 Å². The van der Waals surface area contributed by atoms with Crippen molar-refractivity contribution in [1.82, 2.24) is 0 Å². The van der Waals surface area contributed by atoms with E-state index in [4.69, 9.17) is 5.26 Å². The van der Waals surface area contributed by atoms with Gasteiger partial charge in [0, 0.05) is 16.0 Å². The van der Waals surface area contributed by atoms with E-state index in [2.05, 4.69) is 60.0 Å². The van der Waals surface area contributed by atoms with Crippen molar-refractivity contribution in [2.24, 2.45) is 0 Å². The van der Waals surface area contributed by atoms with Crippen LogP contribution >= 0.6 is 11.8 Å². The van der Waals surface area contributed by atoms with E-state index in [1.165, 1.54) is 22.9 Å². The Morgan fingerprint density at radius 1 is 1.00 bits per heavy atom. The van der Waals surface area contributed by atoms with Gasteiger partial charge in [0.1, 0.15) is 6.04 Å². The van der Waals surface area contributed by atoms with Gasteiger partial charge in [-0.15, -0.1) is 11.8 Å². The quantitative estimate of drug-likeness (QED) is 0.562. The summed E-state index contributed by atoms with van der Waals surface area (Å²) in [6, 6.07) is 28.4. The Hall–Kier alpha value is -3.07. The Kier molecular flexibility index (Phi) is 7.46. The first-order valence-electron chi connectivity index (χ1n) is 9.51. The predicted octanol–water partition coefficient (Wildman–Crippen LogP) is 3.90. The lowest BCUT2D eigenvalue weighted by atomic mass is 9.98. The Morgan fingerprint density at radius 2 is 1.66 bits per heavy atom. The van der Waals surface area contributed by atoms with Gasteiger partial charge in [-0.25, -0.2) is 0 Å². The topological polar surface area (TPSA) is 69.5 Å². The van der Waals surface area contributed by atoms with Crippen LogP contribution in [-0.2, 0) is 4.79 Å². The summed E-state index contributed by atoms with van der Waals surface area (Å²) in [5.41, 5.74) is 4.29. The van der Waals surface area contributed by atoms with Crippen LogP contribution in [0.4, 0.5) is 5.69 Å². The van der Waals surface area contributed by atoms with Gasteiger partial charge in [-0.1, -0.05) is 72.3 Å². The van der Waals surface area contributed by atoms with Crippen LogP contribution in [0.25, 0.3) is 0 Å². The van der Waals surface area contributed by atoms with E-state index in [9.17, 15) is 4.79 Å². The molecule has 0 aromatic heterocycles. The molecule has 0 bridgehead atoms. The third-order valence-electron chi connectivity index (χ3n) is 4.59. The molecule has 1 amide bonds. The first-order chi connectivity index (χ1) is 14.2. The number of nitrogens with two attached hydrogens (primary N) is 1. The second-order valence-electron chi connectivity index (χ2n) is 6.73. The number of benzene rings is 3. The highest BCUT2D eigenvalue weighted by atomic mass is 32.2. The van der Waals surface area contributed by atoms with E-state index in [1.807, 2.05) is 42.5 Å². The van der Waals surface area contributed by atoms with Crippen LogP contribution in [0.1, 0.15) is 22.7 Å². The highest BCUT2D eigenvalue weighted by molar-refractivity contribution is 7.99. The second kappa shape index (κ2) is 10.5. The van der Waals surface area contributed by atoms with Gasteiger partial charge in [0.05, 0.1) is 17.5 Å². The number of nitrogens with zero attached hydrogens (tertiary/aromatic N) is 1. The highest BCUT2D eigenvalue weighted by Crippen LogP contribution is 2.26. The number of thioether (sulfide) groups is 1. The van der Waals surface area contributed by atoms with Crippen LogP contribution < -0.4 is 10.6 Å². The van der Waals surface area contributed by atoms with E-state index in [-0.39, 0.29) is 11.9 Å². The van der Waals surface area contributed by atoms with Crippen molar-refractivity contribution in [3.8, 4) is 6.07 Å². The van der Waals surface area contributed by atoms with Crippen molar-refractivity contribution in [3.63, 3.8) is 0 Å². The zero-order valence-corrected chi connectivity index (χ0v) is 17.2. The first kappa shape index (κ1) is 20.7. The summed E-state index contributed by atoms with van der Waals surface area (Å²) in [7, 11) is 0. The fourth-order valence-corrected chi connectivity index (χ4v) is 3.80. The molecule has 0 radical (unpaired) electrons. The van der Waals surface area contributed by atoms with E-state index in [0.29, 0.717) is 12.3 Å². The van der Waals surface area contributed by atoms with Gasteiger partial charge in [0.15, 0.2) is 6.54 Å². The molecule has 4 nitrogen and oxygen atoms in total. The number of carbonyl (C=O) groups is 1. The van der Waals surface area contributed by atoms with Crippen molar-refractivity contribution in [1.29, 1.82) is 5.26 Å². The van der Waals surface area contributed by atoms with E-state index in [1.54, 1.807) is 0 Å². The Morgan fingerprint density at radius 3 is 2.38 bits per heavy atom. The first-order valence-corrected chi connectivity index (χ1v) is 10.5. The van der Waals surface area contributed by atoms with Crippen LogP contribution in [-0.4, -0.2) is 18.2 Å². The lowest BCUT2D eigenvalue weighted by Crippen LogP contribution is -2.87. The molecule has 0 heterocycles. The van der Waals surface area contributed by atoms with Gasteiger partial charge >= 0.3 is 0 Å². The summed E-state index contributed by atoms with van der Waals surface area (Å²) >= 11 is 1.42. The molecule has 146 valence electrons. The standard InChI is InChI=1S/C24H23N3OS/c1-18-11-13-20(14-12-18)24(19-7-3-2-4-8-19)26-17-23(28)27-21-9-5-6-10-22(21)29-16-15-25/h2-14,24,26H,16-17H2,1H3,(H,27,28)/p+1/t24-/m0/s1. The third kappa shape index (κ3) is 5.95. The number of rotatable bonds is 8. The molecule has 3 rings (SSSR count). The molecule has 0 aliphatic rings. The molecular formula is C24H24N3OS+. The number of quaternary nitrogens is 1. The molecule has 0 fully saturated rings. The number of aryl methyl sites for hydroxylation is 1. The normalized spacial score (nSPS) is 11.4. The number of nitriles is 1. The summed E-state index contributed by atoms with van der Waals surface area (Å²) in [4.78, 5) is 13.5. The maximum Gasteiger partial charge on any atom is 0.279 e. The van der Waals surface area contributed by atoms with E-state index < -0.39 is 0 Å². The molecule has 0 saturated carbocycles. The number of anilines is 1. The molecule has 0 unspecified atom stereocenters. The minimum atomic E-state index is -0.0666. The molecule has 0 aliphatic heterocycles. The van der Waals surface area contributed by atoms with Gasteiger partial charge in [-0.2, -0.15) is 5.26 Å².